The predicted molar refractivity (Wildman–Crippen MR) is 60.0 cm³/mol. The average molecular weight is 285 g/mol. The molecule has 0 bridgehead atoms. The molecule has 1 fully saturated rings. The Kier molecular flexibility index (Phi) is 5.30. The Morgan fingerprint density at radius 2 is 1.89 bits per heavy atom. The summed E-state index contributed by atoms with van der Waals surface area (Å²) in [6.07, 6.45) is 1.20. The Labute approximate surface area is 106 Å². The van der Waals surface area contributed by atoms with Crippen molar-refractivity contribution in [2.45, 2.75) is 24.8 Å². The van der Waals surface area contributed by atoms with Gasteiger partial charge in [0.15, 0.2) is 0 Å². The van der Waals surface area contributed by atoms with E-state index in [-0.39, 0.29) is 42.3 Å². The molecule has 4 nitrogen and oxygen atoms in total. The quantitative estimate of drug-likeness (QED) is 0.757. The lowest BCUT2D eigenvalue weighted by Crippen LogP contribution is -2.31. The molecule has 1 aliphatic rings. The van der Waals surface area contributed by atoms with E-state index in [4.69, 9.17) is 5.11 Å². The van der Waals surface area contributed by atoms with Gasteiger partial charge in [-0.25, -0.2) is 0 Å². The van der Waals surface area contributed by atoms with E-state index in [0.717, 1.165) is 0 Å². The highest BCUT2D eigenvalue weighted by atomic mass is 32.2. The van der Waals surface area contributed by atoms with Crippen molar-refractivity contribution >= 4 is 23.6 Å². The van der Waals surface area contributed by atoms with Gasteiger partial charge in [0.1, 0.15) is 0 Å². The van der Waals surface area contributed by atoms with Crippen molar-refractivity contribution in [3.8, 4) is 0 Å². The van der Waals surface area contributed by atoms with Gasteiger partial charge >= 0.3 is 11.5 Å². The van der Waals surface area contributed by atoms with Gasteiger partial charge in [-0.2, -0.15) is 13.2 Å². The number of carbonyl (C=O) groups is 2. The summed E-state index contributed by atoms with van der Waals surface area (Å²) in [7, 11) is 0. The first-order valence-electron chi connectivity index (χ1n) is 5.51. The fraction of sp³-hybridized carbons (Fsp3) is 0.800. The highest BCUT2D eigenvalue weighted by Crippen LogP contribution is 2.31. The fourth-order valence-electron chi connectivity index (χ4n) is 1.93. The summed E-state index contributed by atoms with van der Waals surface area (Å²) in [5.41, 5.74) is -4.29. The van der Waals surface area contributed by atoms with E-state index in [1.165, 1.54) is 0 Å². The van der Waals surface area contributed by atoms with Gasteiger partial charge < -0.3 is 10.4 Å². The Hall–Kier alpha value is -0.920. The summed E-state index contributed by atoms with van der Waals surface area (Å²) < 4.78 is 35.4. The first-order chi connectivity index (χ1) is 8.29. The van der Waals surface area contributed by atoms with Crippen LogP contribution in [0.1, 0.15) is 19.3 Å². The minimum Gasteiger partial charge on any atom is -0.481 e. The van der Waals surface area contributed by atoms with Gasteiger partial charge in [-0.05, 0) is 31.0 Å². The van der Waals surface area contributed by atoms with Crippen molar-refractivity contribution in [2.75, 3.05) is 12.3 Å². The van der Waals surface area contributed by atoms with Crippen molar-refractivity contribution in [3.05, 3.63) is 0 Å². The standard InChI is InChI=1S/C10H14F3NO3S/c11-10(12,13)18-4-3-14-8(15)6-1-2-7(5-6)9(16)17/h6-7H,1-5H2,(H,14,15)(H,16,17)/t6-,7+/m0/s1. The summed E-state index contributed by atoms with van der Waals surface area (Å²) >= 11 is -0.185. The van der Waals surface area contributed by atoms with Gasteiger partial charge in [0, 0.05) is 18.2 Å². The molecule has 0 aliphatic heterocycles. The number of alkyl halides is 3. The maximum atomic E-state index is 11.8. The molecule has 18 heavy (non-hydrogen) atoms. The van der Waals surface area contributed by atoms with Crippen LogP contribution < -0.4 is 5.32 Å². The van der Waals surface area contributed by atoms with Gasteiger partial charge in [0.25, 0.3) is 0 Å². The number of hydrogen-bond donors (Lipinski definition) is 2. The number of nitrogens with one attached hydrogen (secondary N) is 1. The largest absolute Gasteiger partial charge is 0.481 e. The van der Waals surface area contributed by atoms with E-state index in [2.05, 4.69) is 5.32 Å². The zero-order valence-electron chi connectivity index (χ0n) is 9.50. The third kappa shape index (κ3) is 5.16. The zero-order chi connectivity index (χ0) is 13.8. The lowest BCUT2D eigenvalue weighted by Gasteiger charge is -2.11. The number of carbonyl (C=O) groups excluding carboxylic acids is 1. The van der Waals surface area contributed by atoms with E-state index >= 15 is 0 Å². The van der Waals surface area contributed by atoms with Crippen LogP contribution in [0.2, 0.25) is 0 Å². The molecule has 0 heterocycles. The van der Waals surface area contributed by atoms with Gasteiger partial charge in [0.2, 0.25) is 5.91 Å². The number of rotatable bonds is 5. The van der Waals surface area contributed by atoms with Crippen molar-refractivity contribution in [3.63, 3.8) is 0 Å². The average Bonchev–Trinajstić information content (AvgIpc) is 2.72. The summed E-state index contributed by atoms with van der Waals surface area (Å²) in [6.45, 7) is -0.0583. The molecule has 104 valence electrons. The van der Waals surface area contributed by atoms with Crippen LogP contribution in [0.5, 0.6) is 0 Å². The molecule has 0 aromatic carbocycles. The molecular formula is C10H14F3NO3S. The number of hydrogen-bond acceptors (Lipinski definition) is 3. The fourth-order valence-corrected chi connectivity index (χ4v) is 2.36. The second kappa shape index (κ2) is 6.31. The van der Waals surface area contributed by atoms with Crippen LogP contribution in [-0.4, -0.2) is 34.8 Å². The molecule has 2 N–H and O–H groups in total. The van der Waals surface area contributed by atoms with Crippen molar-refractivity contribution in [1.82, 2.24) is 5.32 Å². The Morgan fingerprint density at radius 1 is 1.28 bits per heavy atom. The predicted octanol–water partition coefficient (Wildman–Crippen LogP) is 1.86. The van der Waals surface area contributed by atoms with E-state index in [1.54, 1.807) is 0 Å². The van der Waals surface area contributed by atoms with Crippen LogP contribution in [-0.2, 0) is 9.59 Å². The minimum absolute atomic E-state index is 0.0583. The molecule has 8 heteroatoms. The molecule has 1 aliphatic carbocycles. The Bertz CT molecular complexity index is 322. The zero-order valence-corrected chi connectivity index (χ0v) is 10.3. The van der Waals surface area contributed by atoms with Gasteiger partial charge in [0.05, 0.1) is 5.92 Å². The number of thioether (sulfide) groups is 1. The highest BCUT2D eigenvalue weighted by Gasteiger charge is 2.33. The number of amides is 1. The number of carboxylic acid groups (broad SMARTS) is 1. The molecule has 0 aromatic rings. The van der Waals surface area contributed by atoms with Crippen LogP contribution in [0.15, 0.2) is 0 Å². The number of halogens is 3. The monoisotopic (exact) mass is 285 g/mol. The third-order valence-corrected chi connectivity index (χ3v) is 3.56. The first kappa shape index (κ1) is 15.1. The maximum Gasteiger partial charge on any atom is 0.441 e. The Balaban J connectivity index is 2.20. The summed E-state index contributed by atoms with van der Waals surface area (Å²) in [6, 6.07) is 0. The topological polar surface area (TPSA) is 66.4 Å². The lowest BCUT2D eigenvalue weighted by atomic mass is 10.0. The number of aliphatic carboxylic acids is 1. The molecule has 0 spiro atoms. The van der Waals surface area contributed by atoms with E-state index in [1.807, 2.05) is 0 Å². The summed E-state index contributed by atoms with van der Waals surface area (Å²) in [5.74, 6) is -2.39. The van der Waals surface area contributed by atoms with E-state index < -0.39 is 17.4 Å². The van der Waals surface area contributed by atoms with Crippen LogP contribution in [0, 0.1) is 11.8 Å². The van der Waals surface area contributed by atoms with Crippen LogP contribution >= 0.6 is 11.8 Å². The van der Waals surface area contributed by atoms with Gasteiger partial charge in [-0.15, -0.1) is 0 Å². The first-order valence-corrected chi connectivity index (χ1v) is 6.49. The molecule has 1 rings (SSSR count). The molecule has 0 radical (unpaired) electrons. The normalized spacial score (nSPS) is 23.9. The molecule has 1 amide bonds. The van der Waals surface area contributed by atoms with Crippen LogP contribution in [0.25, 0.3) is 0 Å². The Morgan fingerprint density at radius 3 is 2.39 bits per heavy atom. The lowest BCUT2D eigenvalue weighted by molar-refractivity contribution is -0.141. The molecule has 1 saturated carbocycles. The van der Waals surface area contributed by atoms with Gasteiger partial charge in [-0.1, -0.05) is 0 Å². The molecule has 0 aromatic heterocycles. The SMILES string of the molecule is O=C(O)[C@@H]1CC[C@H](C(=O)NCCSC(F)(F)F)C1. The maximum absolute atomic E-state index is 11.8. The highest BCUT2D eigenvalue weighted by molar-refractivity contribution is 8.00. The van der Waals surface area contributed by atoms with Crippen LogP contribution in [0.4, 0.5) is 13.2 Å². The second-order valence-corrected chi connectivity index (χ2v) is 5.29. The molecular weight excluding hydrogens is 271 g/mol. The van der Waals surface area contributed by atoms with E-state index in [0.29, 0.717) is 12.8 Å². The molecule has 2 atom stereocenters. The van der Waals surface area contributed by atoms with Gasteiger partial charge in [-0.3, -0.25) is 9.59 Å². The second-order valence-electron chi connectivity index (χ2n) is 4.13. The van der Waals surface area contributed by atoms with Crippen molar-refractivity contribution in [2.24, 2.45) is 11.8 Å². The van der Waals surface area contributed by atoms with Crippen molar-refractivity contribution < 1.29 is 27.9 Å². The third-order valence-electron chi connectivity index (χ3n) is 2.82. The van der Waals surface area contributed by atoms with Crippen molar-refractivity contribution in [1.29, 1.82) is 0 Å². The molecule has 0 saturated heterocycles. The minimum atomic E-state index is -4.29. The molecule has 0 unspecified atom stereocenters. The number of carboxylic acids is 1. The summed E-state index contributed by atoms with van der Waals surface area (Å²) in [4.78, 5) is 22.2. The van der Waals surface area contributed by atoms with E-state index in [9.17, 15) is 22.8 Å². The smallest absolute Gasteiger partial charge is 0.441 e. The summed E-state index contributed by atoms with van der Waals surface area (Å²) in [5, 5.41) is 11.2. The van der Waals surface area contributed by atoms with Crippen LogP contribution in [0.3, 0.4) is 0 Å².